The second-order valence-corrected chi connectivity index (χ2v) is 8.76. The Bertz CT molecular complexity index is 939. The van der Waals surface area contributed by atoms with Gasteiger partial charge in [0.2, 0.25) is 0 Å². The average molecular weight is 345 g/mol. The molecule has 0 N–H and O–H groups in total. The Labute approximate surface area is 138 Å². The van der Waals surface area contributed by atoms with Crippen molar-refractivity contribution in [2.24, 2.45) is 0 Å². The summed E-state index contributed by atoms with van der Waals surface area (Å²) in [4.78, 5) is 12.5. The van der Waals surface area contributed by atoms with E-state index in [1.54, 1.807) is 11.3 Å². The molecule has 3 aromatic rings. The van der Waals surface area contributed by atoms with Crippen molar-refractivity contribution in [3.05, 3.63) is 41.8 Å². The molecule has 1 saturated heterocycles. The van der Waals surface area contributed by atoms with E-state index in [-0.39, 0.29) is 11.5 Å². The van der Waals surface area contributed by atoms with Gasteiger partial charge in [-0.05, 0) is 23.6 Å². The molecule has 5 nitrogen and oxygen atoms in total. The van der Waals surface area contributed by atoms with Crippen molar-refractivity contribution >= 4 is 37.9 Å². The molecule has 4 rings (SSSR count). The summed E-state index contributed by atoms with van der Waals surface area (Å²) >= 11 is 1.60. The summed E-state index contributed by atoms with van der Waals surface area (Å²) in [6.07, 6.45) is 0. The lowest BCUT2D eigenvalue weighted by Crippen LogP contribution is -2.40. The summed E-state index contributed by atoms with van der Waals surface area (Å²) in [5.41, 5.74) is 0.884. The van der Waals surface area contributed by atoms with Crippen LogP contribution in [0.5, 0.6) is 0 Å². The Morgan fingerprint density at radius 2 is 1.78 bits per heavy atom. The Hall–Kier alpha value is -1.99. The Morgan fingerprint density at radius 3 is 2.52 bits per heavy atom. The number of nitrogens with zero attached hydrogens (tertiary/aromatic N) is 3. The van der Waals surface area contributed by atoms with Crippen LogP contribution in [0.25, 0.3) is 21.6 Å². The molecule has 1 aliphatic rings. The second-order valence-electron chi connectivity index (χ2n) is 5.50. The van der Waals surface area contributed by atoms with Gasteiger partial charge >= 0.3 is 0 Å². The maximum atomic E-state index is 11.7. The van der Waals surface area contributed by atoms with E-state index in [0.29, 0.717) is 18.9 Å². The number of anilines is 1. The number of fused-ring (bicyclic) bond motifs is 1. The van der Waals surface area contributed by atoms with Gasteiger partial charge in [0, 0.05) is 18.5 Å². The summed E-state index contributed by atoms with van der Waals surface area (Å²) in [5.74, 6) is 1.88. The maximum Gasteiger partial charge on any atom is 0.172 e. The van der Waals surface area contributed by atoms with Crippen LogP contribution in [0.15, 0.2) is 41.8 Å². The van der Waals surface area contributed by atoms with E-state index in [2.05, 4.69) is 9.88 Å². The van der Waals surface area contributed by atoms with Crippen LogP contribution in [-0.4, -0.2) is 43.0 Å². The van der Waals surface area contributed by atoms with Crippen LogP contribution < -0.4 is 4.90 Å². The smallest absolute Gasteiger partial charge is 0.172 e. The van der Waals surface area contributed by atoms with E-state index < -0.39 is 9.84 Å². The van der Waals surface area contributed by atoms with Crippen LogP contribution >= 0.6 is 11.3 Å². The number of sulfone groups is 1. The molecule has 0 saturated carbocycles. The quantitative estimate of drug-likeness (QED) is 0.714. The normalized spacial score (nSPS) is 17.5. The zero-order chi connectivity index (χ0) is 15.9. The molecule has 0 amide bonds. The van der Waals surface area contributed by atoms with Crippen molar-refractivity contribution in [2.45, 2.75) is 0 Å². The summed E-state index contributed by atoms with van der Waals surface area (Å²) in [7, 11) is -2.91. The van der Waals surface area contributed by atoms with Gasteiger partial charge in [0.15, 0.2) is 15.7 Å². The first kappa shape index (κ1) is 14.6. The molecule has 0 aliphatic carbocycles. The van der Waals surface area contributed by atoms with E-state index in [0.717, 1.165) is 21.6 Å². The highest BCUT2D eigenvalue weighted by atomic mass is 32.2. The molecule has 1 aliphatic heterocycles. The van der Waals surface area contributed by atoms with Gasteiger partial charge in [-0.1, -0.05) is 18.2 Å². The molecular weight excluding hydrogens is 330 g/mol. The van der Waals surface area contributed by atoms with Gasteiger partial charge in [0.25, 0.3) is 0 Å². The molecule has 118 valence electrons. The predicted octanol–water partition coefficient (Wildman–Crippen LogP) is 2.59. The first-order chi connectivity index (χ1) is 11.1. The Balaban J connectivity index is 1.84. The zero-order valence-electron chi connectivity index (χ0n) is 12.3. The van der Waals surface area contributed by atoms with Crippen LogP contribution in [0.3, 0.4) is 0 Å². The molecule has 0 unspecified atom stereocenters. The fraction of sp³-hybridized carbons (Fsp3) is 0.250. The van der Waals surface area contributed by atoms with Gasteiger partial charge < -0.3 is 4.90 Å². The summed E-state index contributed by atoms with van der Waals surface area (Å²) in [5, 5.41) is 2.97. The van der Waals surface area contributed by atoms with Gasteiger partial charge in [0.1, 0.15) is 5.82 Å². The van der Waals surface area contributed by atoms with E-state index in [1.807, 2.05) is 41.8 Å². The second kappa shape index (κ2) is 5.58. The Morgan fingerprint density at radius 1 is 1.00 bits per heavy atom. The van der Waals surface area contributed by atoms with E-state index >= 15 is 0 Å². The zero-order valence-corrected chi connectivity index (χ0v) is 14.0. The highest BCUT2D eigenvalue weighted by molar-refractivity contribution is 7.91. The molecule has 1 aromatic carbocycles. The molecule has 7 heteroatoms. The van der Waals surface area contributed by atoms with Crippen molar-refractivity contribution < 1.29 is 8.42 Å². The minimum atomic E-state index is -2.91. The first-order valence-corrected chi connectivity index (χ1v) is 10.1. The number of hydrogen-bond acceptors (Lipinski definition) is 6. The molecule has 0 spiro atoms. The summed E-state index contributed by atoms with van der Waals surface area (Å²) in [6.45, 7) is 0.959. The minimum absolute atomic E-state index is 0.180. The van der Waals surface area contributed by atoms with Crippen molar-refractivity contribution in [3.8, 4) is 10.7 Å². The molecular formula is C16H15N3O2S2. The van der Waals surface area contributed by atoms with Crippen molar-refractivity contribution in [3.63, 3.8) is 0 Å². The van der Waals surface area contributed by atoms with Crippen LogP contribution in [0.2, 0.25) is 0 Å². The molecule has 23 heavy (non-hydrogen) atoms. The summed E-state index contributed by atoms with van der Waals surface area (Å²) in [6, 6.07) is 11.9. The van der Waals surface area contributed by atoms with Crippen LogP contribution in [0.4, 0.5) is 5.82 Å². The lowest BCUT2D eigenvalue weighted by Gasteiger charge is -2.28. The van der Waals surface area contributed by atoms with E-state index in [9.17, 15) is 8.42 Å². The largest absolute Gasteiger partial charge is 0.354 e. The standard InChI is InChI=1S/C16H15N3O2S2/c20-23(21)10-7-19(8-11-23)16-12-4-1-2-5-13(12)17-15(18-16)14-6-3-9-22-14/h1-6,9H,7-8,10-11H2. The Kier molecular flexibility index (Phi) is 3.54. The summed E-state index contributed by atoms with van der Waals surface area (Å²) < 4.78 is 23.4. The molecule has 0 radical (unpaired) electrons. The monoisotopic (exact) mass is 345 g/mol. The van der Waals surface area contributed by atoms with E-state index in [1.165, 1.54) is 0 Å². The SMILES string of the molecule is O=S1(=O)CCN(c2nc(-c3cccs3)nc3ccccc23)CC1. The number of thiophene rings is 1. The molecule has 0 bridgehead atoms. The number of para-hydroxylation sites is 1. The maximum absolute atomic E-state index is 11.7. The number of aromatic nitrogens is 2. The van der Waals surface area contributed by atoms with Crippen LogP contribution in [0, 0.1) is 0 Å². The third kappa shape index (κ3) is 2.82. The van der Waals surface area contributed by atoms with Gasteiger partial charge in [-0.15, -0.1) is 11.3 Å². The number of benzene rings is 1. The highest BCUT2D eigenvalue weighted by Crippen LogP contribution is 2.30. The fourth-order valence-electron chi connectivity index (χ4n) is 2.74. The lowest BCUT2D eigenvalue weighted by atomic mass is 10.2. The highest BCUT2D eigenvalue weighted by Gasteiger charge is 2.24. The molecule has 3 heterocycles. The average Bonchev–Trinajstić information content (AvgIpc) is 3.08. The lowest BCUT2D eigenvalue weighted by molar-refractivity contribution is 0.586. The van der Waals surface area contributed by atoms with Gasteiger partial charge in [0.05, 0.1) is 21.9 Å². The number of rotatable bonds is 2. The number of hydrogen-bond donors (Lipinski definition) is 0. The molecule has 1 fully saturated rings. The minimum Gasteiger partial charge on any atom is -0.354 e. The molecule has 2 aromatic heterocycles. The van der Waals surface area contributed by atoms with Crippen molar-refractivity contribution in [2.75, 3.05) is 29.5 Å². The van der Waals surface area contributed by atoms with E-state index in [4.69, 9.17) is 4.98 Å². The topological polar surface area (TPSA) is 63.2 Å². The van der Waals surface area contributed by atoms with Crippen molar-refractivity contribution in [1.29, 1.82) is 0 Å². The predicted molar refractivity (Wildman–Crippen MR) is 93.7 cm³/mol. The third-order valence-electron chi connectivity index (χ3n) is 3.97. The van der Waals surface area contributed by atoms with Gasteiger partial charge in [-0.3, -0.25) is 0 Å². The molecule has 0 atom stereocenters. The first-order valence-electron chi connectivity index (χ1n) is 7.38. The van der Waals surface area contributed by atoms with Crippen LogP contribution in [-0.2, 0) is 9.84 Å². The van der Waals surface area contributed by atoms with Gasteiger partial charge in [-0.2, -0.15) is 0 Å². The third-order valence-corrected chi connectivity index (χ3v) is 6.44. The fourth-order valence-corrected chi connectivity index (χ4v) is 4.60. The van der Waals surface area contributed by atoms with Crippen molar-refractivity contribution in [1.82, 2.24) is 9.97 Å². The van der Waals surface area contributed by atoms with Crippen LogP contribution in [0.1, 0.15) is 0 Å². The van der Waals surface area contributed by atoms with Gasteiger partial charge in [-0.25, -0.2) is 18.4 Å².